The van der Waals surface area contributed by atoms with E-state index in [-0.39, 0.29) is 0 Å². The molecule has 0 spiro atoms. The lowest BCUT2D eigenvalue weighted by molar-refractivity contribution is 0.216. The number of nitrogens with zero attached hydrogens (tertiary/aromatic N) is 1. The summed E-state index contributed by atoms with van der Waals surface area (Å²) in [4.78, 5) is 3.89. The van der Waals surface area contributed by atoms with Crippen LogP contribution in [0.5, 0.6) is 0 Å². The average molecular weight is 149 g/mol. The first-order valence-corrected chi connectivity index (χ1v) is 3.45. The van der Waals surface area contributed by atoms with E-state index in [9.17, 15) is 5.11 Å². The molecule has 0 radical (unpaired) electrons. The second kappa shape index (κ2) is 3.30. The van der Waals surface area contributed by atoms with E-state index in [1.807, 2.05) is 6.07 Å². The molecule has 1 aromatic heterocycles. The SMILES string of the molecule is C=C(C)C(O)c1cccnc1. The normalized spacial score (nSPS) is 12.5. The first kappa shape index (κ1) is 7.95. The fourth-order valence-electron chi connectivity index (χ4n) is 0.822. The van der Waals surface area contributed by atoms with Crippen molar-refractivity contribution in [3.05, 3.63) is 42.2 Å². The van der Waals surface area contributed by atoms with Gasteiger partial charge < -0.3 is 5.11 Å². The second-order valence-electron chi connectivity index (χ2n) is 2.54. The van der Waals surface area contributed by atoms with Crippen LogP contribution in [0.3, 0.4) is 0 Å². The maximum absolute atomic E-state index is 9.46. The summed E-state index contributed by atoms with van der Waals surface area (Å²) in [6.45, 7) is 5.44. The molecular formula is C9H11NO. The van der Waals surface area contributed by atoms with Gasteiger partial charge in [0.1, 0.15) is 6.10 Å². The highest BCUT2D eigenvalue weighted by Gasteiger charge is 2.05. The van der Waals surface area contributed by atoms with Crippen molar-refractivity contribution < 1.29 is 5.11 Å². The standard InChI is InChI=1S/C9H11NO/c1-7(2)9(11)8-4-3-5-10-6-8/h3-6,9,11H,1H2,2H3. The Hall–Kier alpha value is -1.15. The Labute approximate surface area is 66.2 Å². The van der Waals surface area contributed by atoms with Crippen LogP contribution in [0.2, 0.25) is 0 Å². The molecule has 0 aromatic carbocycles. The lowest BCUT2D eigenvalue weighted by atomic mass is 10.1. The van der Waals surface area contributed by atoms with E-state index in [1.165, 1.54) is 0 Å². The Morgan fingerprint density at radius 3 is 2.91 bits per heavy atom. The van der Waals surface area contributed by atoms with E-state index in [4.69, 9.17) is 0 Å². The van der Waals surface area contributed by atoms with Crippen molar-refractivity contribution in [1.82, 2.24) is 4.98 Å². The van der Waals surface area contributed by atoms with Gasteiger partial charge in [-0.2, -0.15) is 0 Å². The van der Waals surface area contributed by atoms with Gasteiger partial charge in [0.2, 0.25) is 0 Å². The Bertz CT molecular complexity index is 243. The molecule has 58 valence electrons. The van der Waals surface area contributed by atoms with Crippen molar-refractivity contribution in [3.63, 3.8) is 0 Å². The van der Waals surface area contributed by atoms with Gasteiger partial charge in [0.05, 0.1) is 0 Å². The molecule has 0 amide bonds. The molecule has 1 heterocycles. The Morgan fingerprint density at radius 2 is 2.45 bits per heavy atom. The van der Waals surface area contributed by atoms with Gasteiger partial charge in [0, 0.05) is 18.0 Å². The molecule has 1 atom stereocenters. The largest absolute Gasteiger partial charge is 0.384 e. The molecule has 0 aliphatic rings. The molecule has 2 heteroatoms. The molecule has 1 unspecified atom stereocenters. The predicted molar refractivity (Wildman–Crippen MR) is 44.0 cm³/mol. The molecule has 11 heavy (non-hydrogen) atoms. The minimum atomic E-state index is -0.580. The predicted octanol–water partition coefficient (Wildman–Crippen LogP) is 1.69. The fourth-order valence-corrected chi connectivity index (χ4v) is 0.822. The fraction of sp³-hybridized carbons (Fsp3) is 0.222. The molecule has 0 saturated carbocycles. The van der Waals surface area contributed by atoms with Crippen LogP contribution in [0.1, 0.15) is 18.6 Å². The minimum absolute atomic E-state index is 0.580. The maximum Gasteiger partial charge on any atom is 0.101 e. The van der Waals surface area contributed by atoms with Crippen LogP contribution in [0.4, 0.5) is 0 Å². The van der Waals surface area contributed by atoms with Crippen molar-refractivity contribution in [2.75, 3.05) is 0 Å². The zero-order valence-corrected chi connectivity index (χ0v) is 6.49. The van der Waals surface area contributed by atoms with Gasteiger partial charge in [0.25, 0.3) is 0 Å². The summed E-state index contributed by atoms with van der Waals surface area (Å²) in [6.07, 6.45) is 2.73. The number of hydrogen-bond acceptors (Lipinski definition) is 2. The topological polar surface area (TPSA) is 33.1 Å². The molecular weight excluding hydrogens is 138 g/mol. The highest BCUT2D eigenvalue weighted by atomic mass is 16.3. The third-order valence-electron chi connectivity index (χ3n) is 1.47. The first-order chi connectivity index (χ1) is 5.22. The van der Waals surface area contributed by atoms with Gasteiger partial charge in [-0.05, 0) is 18.6 Å². The van der Waals surface area contributed by atoms with Gasteiger partial charge in [-0.3, -0.25) is 4.98 Å². The van der Waals surface area contributed by atoms with Gasteiger partial charge >= 0.3 is 0 Å². The zero-order valence-electron chi connectivity index (χ0n) is 6.49. The van der Waals surface area contributed by atoms with Crippen molar-refractivity contribution >= 4 is 0 Å². The van der Waals surface area contributed by atoms with Crippen molar-refractivity contribution in [2.45, 2.75) is 13.0 Å². The maximum atomic E-state index is 9.46. The quantitative estimate of drug-likeness (QED) is 0.649. The second-order valence-corrected chi connectivity index (χ2v) is 2.54. The van der Waals surface area contributed by atoms with Crippen LogP contribution in [-0.4, -0.2) is 10.1 Å². The summed E-state index contributed by atoms with van der Waals surface area (Å²) in [5, 5.41) is 9.46. The van der Waals surface area contributed by atoms with E-state index in [2.05, 4.69) is 11.6 Å². The van der Waals surface area contributed by atoms with E-state index >= 15 is 0 Å². The average Bonchev–Trinajstić information content (AvgIpc) is 2.05. The van der Waals surface area contributed by atoms with Gasteiger partial charge in [0.15, 0.2) is 0 Å². The molecule has 0 aliphatic heterocycles. The Balaban J connectivity index is 2.85. The van der Waals surface area contributed by atoms with E-state index in [0.29, 0.717) is 0 Å². The lowest BCUT2D eigenvalue weighted by Gasteiger charge is -2.08. The molecule has 1 N–H and O–H groups in total. The first-order valence-electron chi connectivity index (χ1n) is 3.45. The Kier molecular flexibility index (Phi) is 2.39. The summed E-state index contributed by atoms with van der Waals surface area (Å²) >= 11 is 0. The molecule has 0 aliphatic carbocycles. The molecule has 0 saturated heterocycles. The highest BCUT2D eigenvalue weighted by Crippen LogP contribution is 2.17. The lowest BCUT2D eigenvalue weighted by Crippen LogP contribution is -1.97. The number of rotatable bonds is 2. The van der Waals surface area contributed by atoms with Crippen LogP contribution < -0.4 is 0 Å². The van der Waals surface area contributed by atoms with Crippen LogP contribution in [-0.2, 0) is 0 Å². The molecule has 1 aromatic rings. The van der Waals surface area contributed by atoms with Gasteiger partial charge in [-0.25, -0.2) is 0 Å². The highest BCUT2D eigenvalue weighted by molar-refractivity contribution is 5.19. The number of hydrogen-bond donors (Lipinski definition) is 1. The van der Waals surface area contributed by atoms with Crippen LogP contribution in [0.15, 0.2) is 36.7 Å². The molecule has 0 fully saturated rings. The third-order valence-corrected chi connectivity index (χ3v) is 1.47. The van der Waals surface area contributed by atoms with Crippen LogP contribution in [0.25, 0.3) is 0 Å². The third kappa shape index (κ3) is 1.88. The summed E-state index contributed by atoms with van der Waals surface area (Å²) in [6, 6.07) is 3.62. The minimum Gasteiger partial charge on any atom is -0.384 e. The summed E-state index contributed by atoms with van der Waals surface area (Å²) < 4.78 is 0. The summed E-state index contributed by atoms with van der Waals surface area (Å²) in [5.41, 5.74) is 1.53. The Morgan fingerprint density at radius 1 is 1.73 bits per heavy atom. The summed E-state index contributed by atoms with van der Waals surface area (Å²) in [7, 11) is 0. The van der Waals surface area contributed by atoms with Crippen molar-refractivity contribution in [3.8, 4) is 0 Å². The molecule has 0 bridgehead atoms. The number of aromatic nitrogens is 1. The summed E-state index contributed by atoms with van der Waals surface area (Å²) in [5.74, 6) is 0. The van der Waals surface area contributed by atoms with Crippen molar-refractivity contribution in [1.29, 1.82) is 0 Å². The van der Waals surface area contributed by atoms with Gasteiger partial charge in [-0.1, -0.05) is 12.6 Å². The monoisotopic (exact) mass is 149 g/mol. The number of pyridine rings is 1. The van der Waals surface area contributed by atoms with E-state index in [0.717, 1.165) is 11.1 Å². The molecule has 2 nitrogen and oxygen atoms in total. The van der Waals surface area contributed by atoms with Crippen LogP contribution >= 0.6 is 0 Å². The van der Waals surface area contributed by atoms with Gasteiger partial charge in [-0.15, -0.1) is 0 Å². The van der Waals surface area contributed by atoms with E-state index in [1.54, 1.807) is 25.4 Å². The van der Waals surface area contributed by atoms with Crippen molar-refractivity contribution in [2.24, 2.45) is 0 Å². The number of aliphatic hydroxyl groups excluding tert-OH is 1. The van der Waals surface area contributed by atoms with Crippen LogP contribution in [0, 0.1) is 0 Å². The van der Waals surface area contributed by atoms with E-state index < -0.39 is 6.10 Å². The zero-order chi connectivity index (χ0) is 8.27. The smallest absolute Gasteiger partial charge is 0.101 e. The molecule has 1 rings (SSSR count). The number of aliphatic hydroxyl groups is 1.